The van der Waals surface area contributed by atoms with Crippen molar-refractivity contribution in [3.05, 3.63) is 29.8 Å². The number of nitrogens with one attached hydrogen (secondary N) is 2. The fraction of sp³-hybridized carbons (Fsp3) is 0.500. The molecule has 4 rings (SSSR count). The Morgan fingerprint density at radius 2 is 1.80 bits per heavy atom. The van der Waals surface area contributed by atoms with E-state index in [0.29, 0.717) is 28.4 Å². The Labute approximate surface area is 118 Å². The van der Waals surface area contributed by atoms with Crippen LogP contribution in [0, 0.1) is 0 Å². The van der Waals surface area contributed by atoms with Crippen molar-refractivity contribution in [3.63, 3.8) is 0 Å². The van der Waals surface area contributed by atoms with E-state index in [-0.39, 0.29) is 6.04 Å². The van der Waals surface area contributed by atoms with Crippen molar-refractivity contribution >= 4 is 15.9 Å². The van der Waals surface area contributed by atoms with Crippen LogP contribution in [0.25, 0.3) is 0 Å². The highest BCUT2D eigenvalue weighted by molar-refractivity contribution is 7.90. The largest absolute Gasteiger partial charge is 0.311 e. The van der Waals surface area contributed by atoms with Gasteiger partial charge < -0.3 is 5.32 Å². The third kappa shape index (κ3) is 1.94. The highest BCUT2D eigenvalue weighted by Crippen LogP contribution is 2.30. The second kappa shape index (κ2) is 4.30. The fourth-order valence-electron chi connectivity index (χ4n) is 3.54. The summed E-state index contributed by atoms with van der Waals surface area (Å²) in [6, 6.07) is 8.37. The molecule has 3 heterocycles. The van der Waals surface area contributed by atoms with Crippen LogP contribution < -0.4 is 10.0 Å². The maximum Gasteiger partial charge on any atom is 0.263 e. The van der Waals surface area contributed by atoms with Crippen LogP contribution in [0.3, 0.4) is 0 Å². The summed E-state index contributed by atoms with van der Waals surface area (Å²) in [5.74, 6) is 0.520. The summed E-state index contributed by atoms with van der Waals surface area (Å²) in [5.41, 5.74) is 0.707. The quantitative estimate of drug-likeness (QED) is 0.811. The van der Waals surface area contributed by atoms with Gasteiger partial charge >= 0.3 is 0 Å². The molecule has 3 aliphatic rings. The number of hydrogen-bond acceptors (Lipinski definition) is 4. The average Bonchev–Trinajstić information content (AvgIpc) is 2.88. The minimum Gasteiger partial charge on any atom is -0.311 e. The van der Waals surface area contributed by atoms with Crippen molar-refractivity contribution < 1.29 is 8.42 Å². The van der Waals surface area contributed by atoms with Crippen LogP contribution >= 0.6 is 0 Å². The lowest BCUT2D eigenvalue weighted by Gasteiger charge is -2.26. The van der Waals surface area contributed by atoms with Gasteiger partial charge in [0.1, 0.15) is 5.84 Å². The smallest absolute Gasteiger partial charge is 0.263 e. The highest BCUT2D eigenvalue weighted by Gasteiger charge is 2.35. The number of benzene rings is 1. The zero-order valence-electron chi connectivity index (χ0n) is 11.0. The molecule has 20 heavy (non-hydrogen) atoms. The molecule has 2 fully saturated rings. The number of piperidine rings is 1. The molecule has 2 saturated heterocycles. The van der Waals surface area contributed by atoms with Crippen molar-refractivity contribution in [2.75, 3.05) is 0 Å². The molecular weight excluding hydrogens is 274 g/mol. The lowest BCUT2D eigenvalue weighted by molar-refractivity contribution is 0.364. The van der Waals surface area contributed by atoms with E-state index in [1.807, 2.05) is 12.1 Å². The lowest BCUT2D eigenvalue weighted by atomic mass is 10.0. The third-order valence-corrected chi connectivity index (χ3v) is 5.82. The number of aliphatic imine (C=N–C) groups is 1. The Kier molecular flexibility index (Phi) is 2.65. The topological polar surface area (TPSA) is 70.6 Å². The first-order valence-electron chi connectivity index (χ1n) is 7.08. The molecule has 106 valence electrons. The standard InChI is InChI=1S/C14H17N3O2S/c18-20(19)13-4-2-1-3-12(13)14(17-20)16-11-7-9-5-6-10(8-11)15-9/h1-4,9-11,15H,5-8H2,(H,16,17). The van der Waals surface area contributed by atoms with E-state index in [1.165, 1.54) is 12.8 Å². The summed E-state index contributed by atoms with van der Waals surface area (Å²) in [7, 11) is -3.41. The summed E-state index contributed by atoms with van der Waals surface area (Å²) < 4.78 is 26.7. The number of rotatable bonds is 1. The summed E-state index contributed by atoms with van der Waals surface area (Å²) in [6.45, 7) is 0. The minimum absolute atomic E-state index is 0.220. The number of fused-ring (bicyclic) bond motifs is 3. The molecule has 1 aromatic rings. The van der Waals surface area contributed by atoms with Gasteiger partial charge in [0, 0.05) is 17.6 Å². The number of nitrogens with zero attached hydrogens (tertiary/aromatic N) is 1. The van der Waals surface area contributed by atoms with Crippen LogP contribution in [0.15, 0.2) is 34.2 Å². The van der Waals surface area contributed by atoms with Gasteiger partial charge in [-0.15, -0.1) is 0 Å². The summed E-state index contributed by atoms with van der Waals surface area (Å²) in [5, 5.41) is 3.57. The predicted molar refractivity (Wildman–Crippen MR) is 76.3 cm³/mol. The highest BCUT2D eigenvalue weighted by atomic mass is 32.2. The Morgan fingerprint density at radius 3 is 2.55 bits per heavy atom. The molecule has 0 radical (unpaired) electrons. The second-order valence-electron chi connectivity index (χ2n) is 5.84. The van der Waals surface area contributed by atoms with Crippen molar-refractivity contribution in [1.82, 2.24) is 10.0 Å². The van der Waals surface area contributed by atoms with Crippen LogP contribution in [-0.2, 0) is 10.0 Å². The molecule has 3 aliphatic heterocycles. The molecule has 6 heteroatoms. The van der Waals surface area contributed by atoms with Crippen molar-refractivity contribution in [3.8, 4) is 0 Å². The Bertz CT molecular complexity index is 671. The molecular formula is C14H17N3O2S. The van der Waals surface area contributed by atoms with Gasteiger partial charge in [0.25, 0.3) is 10.0 Å². The average molecular weight is 291 g/mol. The molecule has 0 aromatic heterocycles. The molecule has 2 N–H and O–H groups in total. The van der Waals surface area contributed by atoms with E-state index in [2.05, 4.69) is 10.0 Å². The molecule has 0 amide bonds. The van der Waals surface area contributed by atoms with E-state index in [0.717, 1.165) is 12.8 Å². The van der Waals surface area contributed by atoms with Gasteiger partial charge in [0.15, 0.2) is 0 Å². The normalized spacial score (nSPS) is 35.8. The molecule has 2 bridgehead atoms. The zero-order chi connectivity index (χ0) is 13.7. The lowest BCUT2D eigenvalue weighted by Crippen LogP contribution is -2.40. The van der Waals surface area contributed by atoms with E-state index in [9.17, 15) is 8.42 Å². The second-order valence-corrected chi connectivity index (χ2v) is 7.49. The van der Waals surface area contributed by atoms with E-state index in [4.69, 9.17) is 4.99 Å². The first kappa shape index (κ1) is 12.3. The third-order valence-electron chi connectivity index (χ3n) is 4.42. The SMILES string of the molecule is O=S1(=O)NC(=NC2CC3CCC(C2)N3)c2ccccc21. The molecule has 0 spiro atoms. The molecule has 0 saturated carbocycles. The Hall–Kier alpha value is -1.40. The van der Waals surface area contributed by atoms with Crippen LogP contribution in [0.4, 0.5) is 0 Å². The van der Waals surface area contributed by atoms with Gasteiger partial charge in [-0.1, -0.05) is 12.1 Å². The van der Waals surface area contributed by atoms with Gasteiger partial charge in [-0.05, 0) is 37.8 Å². The number of hydrogen-bond donors (Lipinski definition) is 2. The van der Waals surface area contributed by atoms with Gasteiger partial charge in [0.2, 0.25) is 0 Å². The van der Waals surface area contributed by atoms with Gasteiger partial charge in [-0.25, -0.2) is 8.42 Å². The van der Waals surface area contributed by atoms with Crippen LogP contribution in [-0.4, -0.2) is 32.4 Å². The van der Waals surface area contributed by atoms with E-state index >= 15 is 0 Å². The summed E-state index contributed by atoms with van der Waals surface area (Å²) in [4.78, 5) is 5.04. The first-order chi connectivity index (χ1) is 9.62. The Balaban J connectivity index is 1.68. The van der Waals surface area contributed by atoms with Gasteiger partial charge in [-0.2, -0.15) is 0 Å². The summed E-state index contributed by atoms with van der Waals surface area (Å²) in [6.07, 6.45) is 4.44. The molecule has 2 atom stereocenters. The van der Waals surface area contributed by atoms with E-state index in [1.54, 1.807) is 12.1 Å². The first-order valence-corrected chi connectivity index (χ1v) is 8.56. The van der Waals surface area contributed by atoms with Gasteiger partial charge in [-0.3, -0.25) is 9.71 Å². The van der Waals surface area contributed by atoms with Crippen molar-refractivity contribution in [2.24, 2.45) is 4.99 Å². The Morgan fingerprint density at radius 1 is 1.10 bits per heavy atom. The van der Waals surface area contributed by atoms with E-state index < -0.39 is 10.0 Å². The van der Waals surface area contributed by atoms with Crippen LogP contribution in [0.2, 0.25) is 0 Å². The fourth-order valence-corrected chi connectivity index (χ4v) is 4.78. The van der Waals surface area contributed by atoms with Gasteiger partial charge in [0.05, 0.1) is 10.9 Å². The number of amidine groups is 1. The van der Waals surface area contributed by atoms with Crippen molar-refractivity contribution in [1.29, 1.82) is 0 Å². The predicted octanol–water partition coefficient (Wildman–Crippen LogP) is 1.01. The molecule has 5 nitrogen and oxygen atoms in total. The number of sulfonamides is 1. The molecule has 2 unspecified atom stereocenters. The van der Waals surface area contributed by atoms with Crippen LogP contribution in [0.5, 0.6) is 0 Å². The monoisotopic (exact) mass is 291 g/mol. The van der Waals surface area contributed by atoms with Crippen LogP contribution in [0.1, 0.15) is 31.2 Å². The van der Waals surface area contributed by atoms with Crippen molar-refractivity contribution in [2.45, 2.75) is 48.7 Å². The molecule has 0 aliphatic carbocycles. The summed E-state index contributed by atoms with van der Waals surface area (Å²) >= 11 is 0. The minimum atomic E-state index is -3.41. The molecule has 1 aromatic carbocycles. The maximum atomic E-state index is 12.0. The maximum absolute atomic E-state index is 12.0. The zero-order valence-corrected chi connectivity index (χ0v) is 11.9.